The summed E-state index contributed by atoms with van der Waals surface area (Å²) in [5.74, 6) is 0.429. The maximum absolute atomic E-state index is 11.3. The summed E-state index contributed by atoms with van der Waals surface area (Å²) in [5.41, 5.74) is 6.80. The SMILES string of the molecule is CCS(=O)(=O)CCCC(N)c1csc(C)n1. The number of aryl methyl sites for hydroxylation is 1. The summed E-state index contributed by atoms with van der Waals surface area (Å²) in [4.78, 5) is 4.29. The Morgan fingerprint density at radius 3 is 2.75 bits per heavy atom. The van der Waals surface area contributed by atoms with Gasteiger partial charge in [0.05, 0.1) is 16.5 Å². The molecular formula is C10H18N2O2S2. The topological polar surface area (TPSA) is 73.0 Å². The van der Waals surface area contributed by atoms with Gasteiger partial charge in [-0.05, 0) is 19.8 Å². The van der Waals surface area contributed by atoms with Crippen molar-refractivity contribution >= 4 is 21.2 Å². The fourth-order valence-corrected chi connectivity index (χ4v) is 2.94. The van der Waals surface area contributed by atoms with Crippen LogP contribution < -0.4 is 5.73 Å². The van der Waals surface area contributed by atoms with Gasteiger partial charge in [0.15, 0.2) is 0 Å². The van der Waals surface area contributed by atoms with Gasteiger partial charge in [-0.25, -0.2) is 13.4 Å². The predicted octanol–water partition coefficient (Wildman–Crippen LogP) is 1.67. The van der Waals surface area contributed by atoms with Crippen LogP contribution in [0, 0.1) is 6.92 Å². The first-order valence-corrected chi connectivity index (χ1v) is 8.02. The maximum atomic E-state index is 11.3. The molecule has 0 bridgehead atoms. The molecule has 1 aromatic heterocycles. The Hall–Kier alpha value is -0.460. The van der Waals surface area contributed by atoms with Gasteiger partial charge in [0.1, 0.15) is 9.84 Å². The minimum Gasteiger partial charge on any atom is -0.323 e. The lowest BCUT2D eigenvalue weighted by Crippen LogP contribution is -2.14. The number of hydrogen-bond acceptors (Lipinski definition) is 5. The number of aromatic nitrogens is 1. The molecule has 2 N–H and O–H groups in total. The van der Waals surface area contributed by atoms with Crippen LogP contribution in [0.2, 0.25) is 0 Å². The molecule has 0 aliphatic rings. The van der Waals surface area contributed by atoms with E-state index in [9.17, 15) is 8.42 Å². The van der Waals surface area contributed by atoms with Crippen molar-refractivity contribution in [3.05, 3.63) is 16.1 Å². The van der Waals surface area contributed by atoms with E-state index < -0.39 is 9.84 Å². The molecule has 0 saturated heterocycles. The van der Waals surface area contributed by atoms with Gasteiger partial charge < -0.3 is 5.73 Å². The average molecular weight is 262 g/mol. The van der Waals surface area contributed by atoms with Crippen LogP contribution in [-0.4, -0.2) is 24.9 Å². The summed E-state index contributed by atoms with van der Waals surface area (Å²) in [7, 11) is -2.87. The third-order valence-corrected chi connectivity index (χ3v) is 5.01. The number of hydrogen-bond donors (Lipinski definition) is 1. The summed E-state index contributed by atoms with van der Waals surface area (Å²) in [6, 6.07) is -0.142. The molecule has 0 aliphatic heterocycles. The largest absolute Gasteiger partial charge is 0.323 e. The molecule has 1 atom stereocenters. The first kappa shape index (κ1) is 13.6. The monoisotopic (exact) mass is 262 g/mol. The maximum Gasteiger partial charge on any atom is 0.150 e. The van der Waals surface area contributed by atoms with E-state index in [4.69, 9.17) is 5.73 Å². The molecule has 1 unspecified atom stereocenters. The van der Waals surface area contributed by atoms with Crippen LogP contribution in [0.1, 0.15) is 36.5 Å². The zero-order valence-electron chi connectivity index (χ0n) is 9.64. The van der Waals surface area contributed by atoms with Crippen LogP contribution >= 0.6 is 11.3 Å². The molecule has 92 valence electrons. The highest BCUT2D eigenvalue weighted by Gasteiger charge is 2.12. The van der Waals surface area contributed by atoms with Gasteiger partial charge >= 0.3 is 0 Å². The molecular weight excluding hydrogens is 244 g/mol. The van der Waals surface area contributed by atoms with Gasteiger partial charge in [0.25, 0.3) is 0 Å². The Labute approximate surface area is 101 Å². The van der Waals surface area contributed by atoms with E-state index >= 15 is 0 Å². The van der Waals surface area contributed by atoms with Crippen molar-refractivity contribution in [2.45, 2.75) is 32.7 Å². The quantitative estimate of drug-likeness (QED) is 0.846. The van der Waals surface area contributed by atoms with Crippen molar-refractivity contribution in [1.29, 1.82) is 0 Å². The second-order valence-corrected chi connectivity index (χ2v) is 7.31. The van der Waals surface area contributed by atoms with Crippen LogP contribution in [0.5, 0.6) is 0 Å². The minimum absolute atomic E-state index is 0.142. The van der Waals surface area contributed by atoms with E-state index in [0.29, 0.717) is 12.8 Å². The summed E-state index contributed by atoms with van der Waals surface area (Å²) in [5, 5.41) is 2.93. The minimum atomic E-state index is -2.87. The van der Waals surface area contributed by atoms with Crippen LogP contribution in [0.4, 0.5) is 0 Å². The van der Waals surface area contributed by atoms with Gasteiger partial charge in [0.2, 0.25) is 0 Å². The highest BCUT2D eigenvalue weighted by atomic mass is 32.2. The Morgan fingerprint density at radius 1 is 1.56 bits per heavy atom. The molecule has 0 spiro atoms. The normalized spacial score (nSPS) is 13.9. The third-order valence-electron chi connectivity index (χ3n) is 2.43. The third kappa shape index (κ3) is 4.19. The highest BCUT2D eigenvalue weighted by Crippen LogP contribution is 2.18. The molecule has 1 heterocycles. The first-order chi connectivity index (χ1) is 7.44. The molecule has 4 nitrogen and oxygen atoms in total. The molecule has 0 saturated carbocycles. The Bertz CT molecular complexity index is 426. The molecule has 6 heteroatoms. The predicted molar refractivity (Wildman–Crippen MR) is 67.3 cm³/mol. The van der Waals surface area contributed by atoms with Crippen molar-refractivity contribution in [3.8, 4) is 0 Å². The van der Waals surface area contributed by atoms with Crippen molar-refractivity contribution in [2.24, 2.45) is 5.73 Å². The first-order valence-electron chi connectivity index (χ1n) is 5.32. The van der Waals surface area contributed by atoms with Crippen molar-refractivity contribution < 1.29 is 8.42 Å². The van der Waals surface area contributed by atoms with E-state index in [0.717, 1.165) is 10.7 Å². The number of thiazole rings is 1. The molecule has 0 amide bonds. The lowest BCUT2D eigenvalue weighted by Gasteiger charge is -2.08. The highest BCUT2D eigenvalue weighted by molar-refractivity contribution is 7.91. The van der Waals surface area contributed by atoms with Gasteiger partial charge in [0, 0.05) is 17.2 Å². The average Bonchev–Trinajstić information content (AvgIpc) is 2.64. The Morgan fingerprint density at radius 2 is 2.25 bits per heavy atom. The zero-order valence-corrected chi connectivity index (χ0v) is 11.3. The Kier molecular flexibility index (Phi) is 4.89. The van der Waals surface area contributed by atoms with Crippen LogP contribution in [-0.2, 0) is 9.84 Å². The summed E-state index contributed by atoms with van der Waals surface area (Å²) < 4.78 is 22.5. The Balaban J connectivity index is 2.39. The summed E-state index contributed by atoms with van der Waals surface area (Å²) in [6.45, 7) is 3.60. The molecule has 1 aromatic rings. The fourth-order valence-electron chi connectivity index (χ4n) is 1.37. The van der Waals surface area contributed by atoms with E-state index in [1.54, 1.807) is 18.3 Å². The number of nitrogens with zero attached hydrogens (tertiary/aromatic N) is 1. The van der Waals surface area contributed by atoms with Crippen LogP contribution in [0.15, 0.2) is 5.38 Å². The lowest BCUT2D eigenvalue weighted by molar-refractivity contribution is 0.581. The fraction of sp³-hybridized carbons (Fsp3) is 0.700. The van der Waals surface area contributed by atoms with Gasteiger partial charge in [-0.1, -0.05) is 6.92 Å². The van der Waals surface area contributed by atoms with Crippen LogP contribution in [0.3, 0.4) is 0 Å². The van der Waals surface area contributed by atoms with Gasteiger partial charge in [-0.3, -0.25) is 0 Å². The number of nitrogens with two attached hydrogens (primary N) is 1. The van der Waals surface area contributed by atoms with E-state index in [1.165, 1.54) is 0 Å². The van der Waals surface area contributed by atoms with E-state index in [1.807, 2.05) is 12.3 Å². The second-order valence-electron chi connectivity index (χ2n) is 3.78. The van der Waals surface area contributed by atoms with E-state index in [2.05, 4.69) is 4.98 Å². The zero-order chi connectivity index (χ0) is 12.2. The number of sulfone groups is 1. The molecule has 1 rings (SSSR count). The van der Waals surface area contributed by atoms with Crippen molar-refractivity contribution in [1.82, 2.24) is 4.98 Å². The number of rotatable bonds is 6. The molecule has 0 fully saturated rings. The molecule has 0 aliphatic carbocycles. The van der Waals surface area contributed by atoms with E-state index in [-0.39, 0.29) is 17.5 Å². The summed E-state index contributed by atoms with van der Waals surface area (Å²) >= 11 is 1.57. The molecule has 0 radical (unpaired) electrons. The standard InChI is InChI=1S/C10H18N2O2S2/c1-3-16(13,14)6-4-5-9(11)10-7-15-8(2)12-10/h7,9H,3-6,11H2,1-2H3. The van der Waals surface area contributed by atoms with Crippen molar-refractivity contribution in [2.75, 3.05) is 11.5 Å². The second kappa shape index (κ2) is 5.75. The van der Waals surface area contributed by atoms with Crippen molar-refractivity contribution in [3.63, 3.8) is 0 Å². The van der Waals surface area contributed by atoms with Crippen LogP contribution in [0.25, 0.3) is 0 Å². The smallest absolute Gasteiger partial charge is 0.150 e. The van der Waals surface area contributed by atoms with Gasteiger partial charge in [-0.15, -0.1) is 11.3 Å². The van der Waals surface area contributed by atoms with Gasteiger partial charge in [-0.2, -0.15) is 0 Å². The molecule has 16 heavy (non-hydrogen) atoms. The molecule has 0 aromatic carbocycles. The lowest BCUT2D eigenvalue weighted by atomic mass is 10.1. The summed E-state index contributed by atoms with van der Waals surface area (Å²) in [6.07, 6.45) is 1.27.